The van der Waals surface area contributed by atoms with Gasteiger partial charge < -0.3 is 15.3 Å². The first-order chi connectivity index (χ1) is 15.2. The van der Waals surface area contributed by atoms with E-state index in [-0.39, 0.29) is 19.4 Å². The van der Waals surface area contributed by atoms with Crippen molar-refractivity contribution < 1.29 is 27.9 Å². The fraction of sp³-hybridized carbons (Fsp3) is 0.348. The van der Waals surface area contributed by atoms with Crippen molar-refractivity contribution in [1.82, 2.24) is 4.72 Å². The Morgan fingerprint density at radius 3 is 2.31 bits per heavy atom. The van der Waals surface area contributed by atoms with E-state index in [1.165, 1.54) is 0 Å². The minimum absolute atomic E-state index is 0.00301. The zero-order valence-electron chi connectivity index (χ0n) is 17.9. The molecule has 32 heavy (non-hydrogen) atoms. The van der Waals surface area contributed by atoms with Gasteiger partial charge in [-0.15, -0.1) is 0 Å². The number of aliphatic carboxylic acids is 1. The number of benzene rings is 2. The number of esters is 1. The number of carboxylic acid groups (broad SMARTS) is 1. The predicted molar refractivity (Wildman–Crippen MR) is 122 cm³/mol. The third-order valence-corrected chi connectivity index (χ3v) is 6.12. The molecule has 0 fully saturated rings. The summed E-state index contributed by atoms with van der Waals surface area (Å²) in [5.74, 6) is -3.14. The van der Waals surface area contributed by atoms with Gasteiger partial charge >= 0.3 is 11.9 Å². The van der Waals surface area contributed by atoms with Gasteiger partial charge in [0.1, 0.15) is 5.75 Å². The number of rotatable bonds is 13. The molecule has 2 rings (SSSR count). The summed E-state index contributed by atoms with van der Waals surface area (Å²) in [6, 6.07) is 14.9. The van der Waals surface area contributed by atoms with Gasteiger partial charge in [-0.25, -0.2) is 13.1 Å². The summed E-state index contributed by atoms with van der Waals surface area (Å²) < 4.78 is 32.1. The van der Waals surface area contributed by atoms with E-state index >= 15 is 0 Å². The first-order valence-corrected chi connectivity index (χ1v) is 12.0. The first kappa shape index (κ1) is 25.2. The number of sulfonamides is 1. The summed E-state index contributed by atoms with van der Waals surface area (Å²) in [5.41, 5.74) is 1.70. The van der Waals surface area contributed by atoms with Crippen molar-refractivity contribution >= 4 is 27.7 Å². The van der Waals surface area contributed by atoms with Crippen molar-refractivity contribution in [3.8, 4) is 5.75 Å². The Morgan fingerprint density at radius 2 is 1.72 bits per heavy atom. The summed E-state index contributed by atoms with van der Waals surface area (Å²) in [6.07, 6.45) is 1.76. The van der Waals surface area contributed by atoms with Gasteiger partial charge in [0, 0.05) is 18.7 Å². The number of carbonyl (C=O) groups is 2. The third kappa shape index (κ3) is 8.24. The molecule has 2 aromatic carbocycles. The molecule has 0 spiro atoms. The molecule has 0 amide bonds. The molecule has 0 heterocycles. The second-order valence-corrected chi connectivity index (χ2v) is 9.16. The minimum atomic E-state index is -3.85. The van der Waals surface area contributed by atoms with Gasteiger partial charge in [-0.3, -0.25) is 9.59 Å². The Labute approximate surface area is 188 Å². The second-order valence-electron chi connectivity index (χ2n) is 7.31. The molecule has 0 aliphatic carbocycles. The Morgan fingerprint density at radius 1 is 1.06 bits per heavy atom. The molecule has 0 saturated heterocycles. The van der Waals surface area contributed by atoms with Crippen LogP contribution in [0.15, 0.2) is 54.6 Å². The Bertz CT molecular complexity index is 1020. The summed E-state index contributed by atoms with van der Waals surface area (Å²) in [6.45, 7) is 1.99. The Kier molecular flexibility index (Phi) is 9.55. The summed E-state index contributed by atoms with van der Waals surface area (Å²) in [7, 11) is -3.85. The molecule has 0 aliphatic rings. The second kappa shape index (κ2) is 12.1. The third-order valence-electron chi connectivity index (χ3n) is 4.70. The Hall–Kier alpha value is -3.04. The van der Waals surface area contributed by atoms with E-state index in [1.54, 1.807) is 54.6 Å². The van der Waals surface area contributed by atoms with Gasteiger partial charge in [0.2, 0.25) is 10.0 Å². The number of hydrogen-bond donors (Lipinski definition) is 3. The maximum atomic E-state index is 12.3. The van der Waals surface area contributed by atoms with Crippen LogP contribution >= 0.6 is 0 Å². The number of carbonyl (C=O) groups excluding carboxylic acids is 1. The first-order valence-electron chi connectivity index (χ1n) is 10.4. The van der Waals surface area contributed by atoms with E-state index in [9.17, 15) is 23.1 Å². The van der Waals surface area contributed by atoms with Gasteiger partial charge in [-0.2, -0.15) is 0 Å². The van der Waals surface area contributed by atoms with E-state index < -0.39 is 33.6 Å². The van der Waals surface area contributed by atoms with E-state index in [0.717, 1.165) is 12.0 Å². The summed E-state index contributed by atoms with van der Waals surface area (Å²) in [5, 5.41) is 17.3. The number of ether oxygens (including phenoxy) is 1. The van der Waals surface area contributed by atoms with Crippen LogP contribution < -0.4 is 9.46 Å². The lowest BCUT2D eigenvalue weighted by Gasteiger charge is -2.14. The molecule has 0 radical (unpaired) electrons. The number of nitrogens with one attached hydrogen (secondary N) is 2. The molecule has 0 aromatic heterocycles. The lowest BCUT2D eigenvalue weighted by atomic mass is 10.0. The van der Waals surface area contributed by atoms with Gasteiger partial charge in [0.15, 0.2) is 0 Å². The largest absolute Gasteiger partial charge is 0.481 e. The number of hydrogen-bond acceptors (Lipinski definition) is 6. The smallest absolute Gasteiger partial charge is 0.312 e. The van der Waals surface area contributed by atoms with Crippen LogP contribution in [0, 0.1) is 5.41 Å². The van der Waals surface area contributed by atoms with Crippen LogP contribution in [-0.4, -0.2) is 43.5 Å². The van der Waals surface area contributed by atoms with Crippen LogP contribution in [0.25, 0.3) is 0 Å². The van der Waals surface area contributed by atoms with E-state index in [2.05, 4.69) is 4.72 Å². The highest BCUT2D eigenvalue weighted by atomic mass is 32.2. The highest BCUT2D eigenvalue weighted by molar-refractivity contribution is 7.89. The SMILES string of the molecule is CCCC(=N)c1ccc(OC(=O)CCCNS(=O)(=O)CC(C(=O)O)c2ccccc2)cc1. The van der Waals surface area contributed by atoms with Crippen molar-refractivity contribution in [2.24, 2.45) is 0 Å². The average molecular weight is 461 g/mol. The highest BCUT2D eigenvalue weighted by Crippen LogP contribution is 2.18. The molecular weight excluding hydrogens is 432 g/mol. The van der Waals surface area contributed by atoms with Crippen molar-refractivity contribution in [2.75, 3.05) is 12.3 Å². The monoisotopic (exact) mass is 460 g/mol. The fourth-order valence-electron chi connectivity index (χ4n) is 3.04. The van der Waals surface area contributed by atoms with Crippen LogP contribution in [0.3, 0.4) is 0 Å². The fourth-order valence-corrected chi connectivity index (χ4v) is 4.38. The lowest BCUT2D eigenvalue weighted by Crippen LogP contribution is -2.32. The van der Waals surface area contributed by atoms with Crippen LogP contribution in [0.5, 0.6) is 5.75 Å². The molecular formula is C23H28N2O6S. The van der Waals surface area contributed by atoms with E-state index in [0.29, 0.717) is 23.4 Å². The molecule has 0 bridgehead atoms. The lowest BCUT2D eigenvalue weighted by molar-refractivity contribution is -0.138. The topological polar surface area (TPSA) is 134 Å². The molecule has 2 aromatic rings. The van der Waals surface area contributed by atoms with Crippen molar-refractivity contribution in [3.05, 3.63) is 65.7 Å². The standard InChI is InChI=1S/C23H28N2O6S/c1-2-7-21(24)18-11-13-19(14-12-18)31-22(26)10-6-15-25-32(29,30)16-20(23(27)28)17-8-4-3-5-9-17/h3-5,8-9,11-14,20,24-25H,2,6-7,10,15-16H2,1H3,(H,27,28). The van der Waals surface area contributed by atoms with Gasteiger partial charge in [-0.1, -0.05) is 43.7 Å². The number of carboxylic acids is 1. The quantitative estimate of drug-likeness (QED) is 0.182. The normalized spacial score (nSPS) is 12.2. The van der Waals surface area contributed by atoms with Crippen LogP contribution in [0.1, 0.15) is 49.7 Å². The molecule has 3 N–H and O–H groups in total. The molecule has 0 aliphatic heterocycles. The predicted octanol–water partition coefficient (Wildman–Crippen LogP) is 3.33. The van der Waals surface area contributed by atoms with Crippen molar-refractivity contribution in [1.29, 1.82) is 5.41 Å². The maximum Gasteiger partial charge on any atom is 0.312 e. The molecule has 1 atom stereocenters. The van der Waals surface area contributed by atoms with E-state index in [4.69, 9.17) is 10.1 Å². The van der Waals surface area contributed by atoms with Crippen LogP contribution in [-0.2, 0) is 19.6 Å². The molecule has 9 heteroatoms. The zero-order valence-corrected chi connectivity index (χ0v) is 18.7. The summed E-state index contributed by atoms with van der Waals surface area (Å²) in [4.78, 5) is 23.5. The summed E-state index contributed by atoms with van der Waals surface area (Å²) >= 11 is 0. The van der Waals surface area contributed by atoms with Crippen LogP contribution in [0.4, 0.5) is 0 Å². The van der Waals surface area contributed by atoms with Gasteiger partial charge in [0.05, 0.1) is 11.7 Å². The zero-order chi connectivity index (χ0) is 23.6. The molecule has 8 nitrogen and oxygen atoms in total. The average Bonchev–Trinajstić information content (AvgIpc) is 2.76. The van der Waals surface area contributed by atoms with Crippen LogP contribution in [0.2, 0.25) is 0 Å². The molecule has 0 saturated carbocycles. The van der Waals surface area contributed by atoms with E-state index in [1.807, 2.05) is 6.92 Å². The Balaban J connectivity index is 1.78. The molecule has 172 valence electrons. The van der Waals surface area contributed by atoms with Crippen molar-refractivity contribution in [2.45, 2.75) is 38.5 Å². The van der Waals surface area contributed by atoms with Gasteiger partial charge in [0.25, 0.3) is 0 Å². The maximum absolute atomic E-state index is 12.3. The van der Waals surface area contributed by atoms with Crippen molar-refractivity contribution in [3.63, 3.8) is 0 Å². The minimum Gasteiger partial charge on any atom is -0.481 e. The highest BCUT2D eigenvalue weighted by Gasteiger charge is 2.26. The van der Waals surface area contributed by atoms with Gasteiger partial charge in [-0.05, 0) is 48.2 Å². The molecule has 1 unspecified atom stereocenters.